The maximum absolute atomic E-state index is 11.3. The van der Waals surface area contributed by atoms with Gasteiger partial charge >= 0.3 is 0 Å². The van der Waals surface area contributed by atoms with Gasteiger partial charge in [-0.2, -0.15) is 0 Å². The number of nitro benzene ring substituents is 1. The molecule has 0 aliphatic heterocycles. The van der Waals surface area contributed by atoms with Crippen LogP contribution >= 0.6 is 0 Å². The van der Waals surface area contributed by atoms with E-state index in [0.717, 1.165) is 0 Å². The summed E-state index contributed by atoms with van der Waals surface area (Å²) in [6, 6.07) is 2.90. The van der Waals surface area contributed by atoms with Crippen LogP contribution in [0.15, 0.2) is 12.1 Å². The number of hydrogen-bond donors (Lipinski definition) is 1. The molecule has 1 aromatic carbocycles. The average Bonchev–Trinajstić information content (AvgIpc) is 2.42. The summed E-state index contributed by atoms with van der Waals surface area (Å²) in [5.41, 5.74) is -0.669. The highest BCUT2D eigenvalue weighted by Crippen LogP contribution is 2.39. The highest BCUT2D eigenvalue weighted by Gasteiger charge is 2.26. The minimum atomic E-state index is -0.975. The zero-order valence-corrected chi connectivity index (χ0v) is 13.0. The molecular formula is C14H22N2O5. The van der Waals surface area contributed by atoms with Crippen molar-refractivity contribution in [1.29, 1.82) is 0 Å². The van der Waals surface area contributed by atoms with Gasteiger partial charge in [0.1, 0.15) is 5.69 Å². The van der Waals surface area contributed by atoms with Gasteiger partial charge in [-0.3, -0.25) is 10.1 Å². The quantitative estimate of drug-likeness (QED) is 0.613. The van der Waals surface area contributed by atoms with Crippen molar-refractivity contribution in [3.63, 3.8) is 0 Å². The highest BCUT2D eigenvalue weighted by atomic mass is 16.6. The molecule has 0 atom stereocenters. The Morgan fingerprint density at radius 1 is 1.29 bits per heavy atom. The lowest BCUT2D eigenvalue weighted by atomic mass is 10.1. The van der Waals surface area contributed by atoms with E-state index >= 15 is 0 Å². The molecule has 21 heavy (non-hydrogen) atoms. The Morgan fingerprint density at radius 2 is 1.81 bits per heavy atom. The number of nitro groups is 1. The lowest BCUT2D eigenvalue weighted by molar-refractivity contribution is -0.384. The predicted octanol–water partition coefficient (Wildman–Crippen LogP) is 2.21. The van der Waals surface area contributed by atoms with Gasteiger partial charge in [-0.25, -0.2) is 0 Å². The molecule has 0 radical (unpaired) electrons. The van der Waals surface area contributed by atoms with Gasteiger partial charge in [0, 0.05) is 19.2 Å². The minimum Gasteiger partial charge on any atom is -0.493 e. The summed E-state index contributed by atoms with van der Waals surface area (Å²) in [6.45, 7) is 5.96. The van der Waals surface area contributed by atoms with E-state index in [1.165, 1.54) is 20.3 Å². The van der Waals surface area contributed by atoms with Gasteiger partial charge in [-0.15, -0.1) is 0 Å². The summed E-state index contributed by atoms with van der Waals surface area (Å²) >= 11 is 0. The molecule has 1 N–H and O–H groups in total. The Hall–Kier alpha value is -2.02. The van der Waals surface area contributed by atoms with Crippen LogP contribution in [0.4, 0.5) is 11.4 Å². The van der Waals surface area contributed by atoms with Crippen LogP contribution < -0.4 is 14.4 Å². The van der Waals surface area contributed by atoms with Crippen LogP contribution in [-0.2, 0) is 0 Å². The summed E-state index contributed by atoms with van der Waals surface area (Å²) in [4.78, 5) is 12.6. The van der Waals surface area contributed by atoms with E-state index in [1.807, 2.05) is 6.92 Å². The molecule has 0 aliphatic rings. The van der Waals surface area contributed by atoms with Crippen molar-refractivity contribution >= 4 is 11.4 Å². The van der Waals surface area contributed by atoms with Crippen LogP contribution in [0, 0.1) is 10.1 Å². The van der Waals surface area contributed by atoms with Gasteiger partial charge in [0.2, 0.25) is 0 Å². The van der Waals surface area contributed by atoms with Crippen LogP contribution in [-0.4, -0.2) is 42.9 Å². The van der Waals surface area contributed by atoms with E-state index in [0.29, 0.717) is 23.7 Å². The Kier molecular flexibility index (Phi) is 5.37. The Balaban J connectivity index is 3.39. The van der Waals surface area contributed by atoms with Crippen molar-refractivity contribution in [2.24, 2.45) is 0 Å². The molecule has 0 saturated heterocycles. The monoisotopic (exact) mass is 298 g/mol. The van der Waals surface area contributed by atoms with Crippen molar-refractivity contribution in [3.05, 3.63) is 22.2 Å². The third kappa shape index (κ3) is 4.22. The number of anilines is 1. The smallest absolute Gasteiger partial charge is 0.296 e. The minimum absolute atomic E-state index is 0.0845. The van der Waals surface area contributed by atoms with E-state index < -0.39 is 10.5 Å². The first kappa shape index (κ1) is 17.0. The average molecular weight is 298 g/mol. The SMILES string of the molecule is CCN(CC(C)(C)O)c1cc(OC)c(OC)cc1[N+](=O)[O-]. The fraction of sp³-hybridized carbons (Fsp3) is 0.571. The highest BCUT2D eigenvalue weighted by molar-refractivity contribution is 5.70. The first-order chi connectivity index (χ1) is 9.73. The summed E-state index contributed by atoms with van der Waals surface area (Å²) < 4.78 is 10.3. The number of rotatable bonds is 7. The van der Waals surface area contributed by atoms with Crippen LogP contribution in [0.2, 0.25) is 0 Å². The Bertz CT molecular complexity index is 511. The summed E-state index contributed by atoms with van der Waals surface area (Å²) in [7, 11) is 2.90. The standard InChI is InChI=1S/C14H22N2O5/c1-6-15(9-14(2,3)17)10-7-12(20-4)13(21-5)8-11(10)16(18)19/h7-8,17H,6,9H2,1-5H3. The summed E-state index contributed by atoms with van der Waals surface area (Å²) in [5, 5.41) is 21.3. The maximum Gasteiger partial charge on any atom is 0.296 e. The normalized spacial score (nSPS) is 11.1. The molecule has 0 heterocycles. The molecule has 1 rings (SSSR count). The van der Waals surface area contributed by atoms with Gasteiger partial charge in [-0.1, -0.05) is 0 Å². The Labute approximate surface area is 124 Å². The second-order valence-electron chi connectivity index (χ2n) is 5.28. The second kappa shape index (κ2) is 6.62. The molecule has 0 saturated carbocycles. The molecule has 7 nitrogen and oxygen atoms in total. The van der Waals surface area contributed by atoms with Crippen LogP contribution in [0.3, 0.4) is 0 Å². The molecule has 0 spiro atoms. The van der Waals surface area contributed by atoms with E-state index in [-0.39, 0.29) is 12.2 Å². The third-order valence-electron chi connectivity index (χ3n) is 2.98. The van der Waals surface area contributed by atoms with Crippen LogP contribution in [0.1, 0.15) is 20.8 Å². The predicted molar refractivity (Wildman–Crippen MR) is 80.4 cm³/mol. The van der Waals surface area contributed by atoms with Crippen LogP contribution in [0.5, 0.6) is 11.5 Å². The van der Waals surface area contributed by atoms with E-state index in [9.17, 15) is 15.2 Å². The molecule has 7 heteroatoms. The van der Waals surface area contributed by atoms with E-state index in [1.54, 1.807) is 24.8 Å². The molecule has 0 fully saturated rings. The van der Waals surface area contributed by atoms with Gasteiger partial charge in [0.15, 0.2) is 11.5 Å². The van der Waals surface area contributed by atoms with E-state index in [4.69, 9.17) is 9.47 Å². The van der Waals surface area contributed by atoms with Crippen molar-refractivity contribution < 1.29 is 19.5 Å². The first-order valence-electron chi connectivity index (χ1n) is 6.61. The lowest BCUT2D eigenvalue weighted by Crippen LogP contribution is -2.38. The Morgan fingerprint density at radius 3 is 2.19 bits per heavy atom. The third-order valence-corrected chi connectivity index (χ3v) is 2.98. The van der Waals surface area contributed by atoms with Gasteiger partial charge in [0.25, 0.3) is 5.69 Å². The number of benzene rings is 1. The van der Waals surface area contributed by atoms with Gasteiger partial charge in [0.05, 0.1) is 30.8 Å². The molecule has 118 valence electrons. The molecule has 0 aliphatic carbocycles. The largest absolute Gasteiger partial charge is 0.493 e. The molecule has 0 unspecified atom stereocenters. The molecular weight excluding hydrogens is 276 g/mol. The molecule has 0 amide bonds. The van der Waals surface area contributed by atoms with Crippen LogP contribution in [0.25, 0.3) is 0 Å². The van der Waals surface area contributed by atoms with E-state index in [2.05, 4.69) is 0 Å². The van der Waals surface area contributed by atoms with Crippen molar-refractivity contribution in [2.75, 3.05) is 32.2 Å². The number of likely N-dealkylation sites (N-methyl/N-ethyl adjacent to an activating group) is 1. The maximum atomic E-state index is 11.3. The zero-order chi connectivity index (χ0) is 16.2. The van der Waals surface area contributed by atoms with Gasteiger partial charge < -0.3 is 19.5 Å². The number of ether oxygens (including phenoxy) is 2. The zero-order valence-electron chi connectivity index (χ0n) is 13.0. The number of aliphatic hydroxyl groups is 1. The van der Waals surface area contributed by atoms with Crippen molar-refractivity contribution in [3.8, 4) is 11.5 Å². The fourth-order valence-electron chi connectivity index (χ4n) is 2.09. The summed E-state index contributed by atoms with van der Waals surface area (Å²) in [6.07, 6.45) is 0. The fourth-order valence-corrected chi connectivity index (χ4v) is 2.09. The summed E-state index contributed by atoms with van der Waals surface area (Å²) in [5.74, 6) is 0.708. The number of nitrogens with zero attached hydrogens (tertiary/aromatic N) is 2. The number of methoxy groups -OCH3 is 2. The lowest BCUT2D eigenvalue weighted by Gasteiger charge is -2.30. The number of hydrogen-bond acceptors (Lipinski definition) is 6. The topological polar surface area (TPSA) is 85.1 Å². The molecule has 0 bridgehead atoms. The first-order valence-corrected chi connectivity index (χ1v) is 6.61. The van der Waals surface area contributed by atoms with Crippen molar-refractivity contribution in [2.45, 2.75) is 26.4 Å². The molecule has 1 aromatic rings. The molecule has 0 aromatic heterocycles. The second-order valence-corrected chi connectivity index (χ2v) is 5.28. The van der Waals surface area contributed by atoms with Crippen molar-refractivity contribution in [1.82, 2.24) is 0 Å². The van der Waals surface area contributed by atoms with Gasteiger partial charge in [-0.05, 0) is 20.8 Å².